The molecule has 0 aliphatic heterocycles. The molecule has 0 aliphatic carbocycles. The Morgan fingerprint density at radius 2 is 2.42 bits per heavy atom. The fourth-order valence-electron chi connectivity index (χ4n) is 1.35. The molecule has 0 aromatic carbocycles. The maximum atomic E-state index is 4.91. The molecule has 0 N–H and O–H groups in total. The Hall–Kier alpha value is -0.790. The van der Waals surface area contributed by atoms with Gasteiger partial charge < -0.3 is 4.42 Å². The highest BCUT2D eigenvalue weighted by Gasteiger charge is 2.04. The molecule has 1 atom stereocenters. The highest BCUT2D eigenvalue weighted by Crippen LogP contribution is 2.12. The molecule has 1 aromatic rings. The van der Waals surface area contributed by atoms with E-state index in [2.05, 4.69) is 18.8 Å². The van der Waals surface area contributed by atoms with Crippen LogP contribution in [-0.4, -0.2) is 4.98 Å². The van der Waals surface area contributed by atoms with Gasteiger partial charge in [-0.05, 0) is 12.3 Å². The molecular weight excluding hydrogens is 150 g/mol. The molecule has 1 aromatic heterocycles. The zero-order valence-corrected chi connectivity index (χ0v) is 7.92. The quantitative estimate of drug-likeness (QED) is 0.673. The van der Waals surface area contributed by atoms with Crippen molar-refractivity contribution < 1.29 is 4.42 Å². The molecule has 0 spiro atoms. The van der Waals surface area contributed by atoms with Crippen molar-refractivity contribution in [1.82, 2.24) is 4.98 Å². The van der Waals surface area contributed by atoms with Crippen molar-refractivity contribution in [3.05, 3.63) is 18.4 Å². The number of hydrogen-bond acceptors (Lipinski definition) is 2. The van der Waals surface area contributed by atoms with Crippen molar-refractivity contribution in [1.29, 1.82) is 0 Å². The summed E-state index contributed by atoms with van der Waals surface area (Å²) in [5.41, 5.74) is 1.08. The fraction of sp³-hybridized carbons (Fsp3) is 0.700. The van der Waals surface area contributed by atoms with Crippen LogP contribution in [0.5, 0.6) is 0 Å². The van der Waals surface area contributed by atoms with Crippen LogP contribution in [-0.2, 0) is 6.42 Å². The van der Waals surface area contributed by atoms with Crippen LogP contribution in [0.3, 0.4) is 0 Å². The lowest BCUT2D eigenvalue weighted by Gasteiger charge is -2.07. The first-order valence-electron chi connectivity index (χ1n) is 4.70. The van der Waals surface area contributed by atoms with Crippen LogP contribution < -0.4 is 0 Å². The monoisotopic (exact) mass is 167 g/mol. The van der Waals surface area contributed by atoms with E-state index in [-0.39, 0.29) is 0 Å². The lowest BCUT2D eigenvalue weighted by atomic mass is 9.99. The van der Waals surface area contributed by atoms with E-state index in [0.29, 0.717) is 0 Å². The molecule has 0 amide bonds. The van der Waals surface area contributed by atoms with Gasteiger partial charge in [-0.1, -0.05) is 33.1 Å². The van der Waals surface area contributed by atoms with Gasteiger partial charge in [0, 0.05) is 0 Å². The molecule has 1 rings (SSSR count). The maximum Gasteiger partial charge on any atom is 0.180 e. The zero-order chi connectivity index (χ0) is 8.81. The molecule has 0 fully saturated rings. The van der Waals surface area contributed by atoms with Gasteiger partial charge in [0.25, 0.3) is 0 Å². The highest BCUT2D eigenvalue weighted by atomic mass is 16.3. The van der Waals surface area contributed by atoms with Gasteiger partial charge in [-0.2, -0.15) is 0 Å². The van der Waals surface area contributed by atoms with Crippen molar-refractivity contribution in [2.45, 2.75) is 39.5 Å². The predicted octanol–water partition coefficient (Wildman–Crippen LogP) is 3.04. The topological polar surface area (TPSA) is 26.0 Å². The van der Waals surface area contributed by atoms with Crippen molar-refractivity contribution in [3.63, 3.8) is 0 Å². The SMILES string of the molecule is CCCCC(C)Cc1cocn1. The number of rotatable bonds is 5. The Balaban J connectivity index is 2.22. The third kappa shape index (κ3) is 3.07. The van der Waals surface area contributed by atoms with Crippen LogP contribution in [0, 0.1) is 5.92 Å². The summed E-state index contributed by atoms with van der Waals surface area (Å²) in [4.78, 5) is 4.10. The molecule has 0 aliphatic rings. The summed E-state index contributed by atoms with van der Waals surface area (Å²) in [5, 5.41) is 0. The lowest BCUT2D eigenvalue weighted by Crippen LogP contribution is -1.99. The number of unbranched alkanes of at least 4 members (excludes halogenated alkanes) is 1. The van der Waals surface area contributed by atoms with Crippen molar-refractivity contribution >= 4 is 0 Å². The van der Waals surface area contributed by atoms with E-state index in [4.69, 9.17) is 4.42 Å². The van der Waals surface area contributed by atoms with E-state index in [1.807, 2.05) is 0 Å². The lowest BCUT2D eigenvalue weighted by molar-refractivity contribution is 0.496. The van der Waals surface area contributed by atoms with Crippen LogP contribution in [0.15, 0.2) is 17.1 Å². The van der Waals surface area contributed by atoms with Crippen LogP contribution in [0.2, 0.25) is 0 Å². The van der Waals surface area contributed by atoms with E-state index in [9.17, 15) is 0 Å². The Morgan fingerprint density at radius 3 is 3.00 bits per heavy atom. The first-order chi connectivity index (χ1) is 5.83. The molecule has 2 heteroatoms. The number of oxazole rings is 1. The summed E-state index contributed by atoms with van der Waals surface area (Å²) in [6.07, 6.45) is 8.19. The second kappa shape index (κ2) is 4.96. The van der Waals surface area contributed by atoms with Gasteiger partial charge in [-0.3, -0.25) is 0 Å². The fourth-order valence-corrected chi connectivity index (χ4v) is 1.35. The molecule has 0 radical (unpaired) electrons. The molecule has 68 valence electrons. The molecule has 0 saturated heterocycles. The van der Waals surface area contributed by atoms with Crippen molar-refractivity contribution in [2.75, 3.05) is 0 Å². The van der Waals surface area contributed by atoms with Crippen molar-refractivity contribution in [3.8, 4) is 0 Å². The third-order valence-electron chi connectivity index (χ3n) is 2.09. The molecular formula is C10H17NO. The summed E-state index contributed by atoms with van der Waals surface area (Å²) in [6, 6.07) is 0. The molecule has 0 bridgehead atoms. The minimum atomic E-state index is 0.732. The standard InChI is InChI=1S/C10H17NO/c1-3-4-5-9(2)6-10-7-12-8-11-10/h7-9H,3-6H2,1-2H3. The number of hydrogen-bond donors (Lipinski definition) is 0. The number of aromatic nitrogens is 1. The smallest absolute Gasteiger partial charge is 0.180 e. The minimum absolute atomic E-state index is 0.732. The molecule has 0 saturated carbocycles. The molecule has 1 heterocycles. The second-order valence-electron chi connectivity index (χ2n) is 3.43. The summed E-state index contributed by atoms with van der Waals surface area (Å²) in [6.45, 7) is 4.49. The summed E-state index contributed by atoms with van der Waals surface area (Å²) in [5.74, 6) is 0.732. The Bertz CT molecular complexity index is 194. The predicted molar refractivity (Wildman–Crippen MR) is 48.9 cm³/mol. The second-order valence-corrected chi connectivity index (χ2v) is 3.43. The maximum absolute atomic E-state index is 4.91. The normalized spacial score (nSPS) is 13.2. The van der Waals surface area contributed by atoms with Gasteiger partial charge in [0.2, 0.25) is 0 Å². The van der Waals surface area contributed by atoms with Gasteiger partial charge in [-0.15, -0.1) is 0 Å². The van der Waals surface area contributed by atoms with Gasteiger partial charge in [-0.25, -0.2) is 4.98 Å². The van der Waals surface area contributed by atoms with Crippen LogP contribution in [0.4, 0.5) is 0 Å². The van der Waals surface area contributed by atoms with E-state index in [1.165, 1.54) is 25.7 Å². The first kappa shape index (κ1) is 9.30. The Morgan fingerprint density at radius 1 is 1.58 bits per heavy atom. The summed E-state index contributed by atoms with van der Waals surface area (Å²) < 4.78 is 4.91. The Labute approximate surface area is 74.0 Å². The zero-order valence-electron chi connectivity index (χ0n) is 7.92. The van der Waals surface area contributed by atoms with Gasteiger partial charge in [0.15, 0.2) is 6.39 Å². The summed E-state index contributed by atoms with van der Waals surface area (Å²) in [7, 11) is 0. The summed E-state index contributed by atoms with van der Waals surface area (Å²) >= 11 is 0. The van der Waals surface area contributed by atoms with Crippen LogP contribution in [0.1, 0.15) is 38.8 Å². The molecule has 1 unspecified atom stereocenters. The van der Waals surface area contributed by atoms with E-state index in [0.717, 1.165) is 18.0 Å². The molecule has 12 heavy (non-hydrogen) atoms. The highest BCUT2D eigenvalue weighted by molar-refractivity contribution is 4.91. The average molecular weight is 167 g/mol. The Kier molecular flexibility index (Phi) is 3.85. The van der Waals surface area contributed by atoms with Gasteiger partial charge in [0.05, 0.1) is 5.69 Å². The first-order valence-corrected chi connectivity index (χ1v) is 4.70. The van der Waals surface area contributed by atoms with Gasteiger partial charge in [0.1, 0.15) is 6.26 Å². The van der Waals surface area contributed by atoms with Crippen LogP contribution in [0.25, 0.3) is 0 Å². The van der Waals surface area contributed by atoms with Gasteiger partial charge >= 0.3 is 0 Å². The average Bonchev–Trinajstić information content (AvgIpc) is 2.53. The molecule has 2 nitrogen and oxygen atoms in total. The van der Waals surface area contributed by atoms with Crippen LogP contribution >= 0.6 is 0 Å². The number of nitrogens with zero attached hydrogens (tertiary/aromatic N) is 1. The van der Waals surface area contributed by atoms with E-state index < -0.39 is 0 Å². The minimum Gasteiger partial charge on any atom is -0.451 e. The van der Waals surface area contributed by atoms with Crippen molar-refractivity contribution in [2.24, 2.45) is 5.92 Å². The van der Waals surface area contributed by atoms with E-state index >= 15 is 0 Å². The third-order valence-corrected chi connectivity index (χ3v) is 2.09. The van der Waals surface area contributed by atoms with E-state index in [1.54, 1.807) is 6.26 Å². The largest absolute Gasteiger partial charge is 0.451 e.